The van der Waals surface area contributed by atoms with Crippen LogP contribution in [-0.4, -0.2) is 14.2 Å². The number of benzene rings is 1. The Kier molecular flexibility index (Phi) is 2.93. The van der Waals surface area contributed by atoms with E-state index in [1.165, 1.54) is 5.56 Å². The zero-order valence-electron chi connectivity index (χ0n) is 7.00. The van der Waals surface area contributed by atoms with E-state index in [0.717, 1.165) is 12.3 Å². The Morgan fingerprint density at radius 2 is 2.27 bits per heavy atom. The van der Waals surface area contributed by atoms with Crippen molar-refractivity contribution in [3.63, 3.8) is 0 Å². The van der Waals surface area contributed by atoms with Crippen LogP contribution in [0.3, 0.4) is 0 Å². The summed E-state index contributed by atoms with van der Waals surface area (Å²) in [4.78, 5) is 0. The molecule has 0 atom stereocenters. The molecule has 0 amide bonds. The van der Waals surface area contributed by atoms with E-state index in [0.29, 0.717) is 0 Å². The van der Waals surface area contributed by atoms with Crippen LogP contribution in [0.15, 0.2) is 24.3 Å². The van der Waals surface area contributed by atoms with Crippen LogP contribution < -0.4 is 10.1 Å². The van der Waals surface area contributed by atoms with Crippen LogP contribution in [-0.2, 0) is 6.54 Å². The molecule has 0 unspecified atom stereocenters. The van der Waals surface area contributed by atoms with Gasteiger partial charge in [-0.25, -0.2) is 0 Å². The van der Waals surface area contributed by atoms with Crippen molar-refractivity contribution in [2.45, 2.75) is 6.54 Å². The molecule has 0 spiro atoms. The molecule has 0 radical (unpaired) electrons. The molecule has 0 aliphatic heterocycles. The van der Waals surface area contributed by atoms with E-state index in [2.05, 4.69) is 24.5 Å². The summed E-state index contributed by atoms with van der Waals surface area (Å²) in [6.07, 6.45) is 0. The van der Waals surface area contributed by atoms with Crippen LogP contribution in [0.25, 0.3) is 0 Å². The summed E-state index contributed by atoms with van der Waals surface area (Å²) in [5.41, 5.74) is 1.30. The predicted octanol–water partition coefficient (Wildman–Crippen LogP) is 0.388. The summed E-state index contributed by atoms with van der Waals surface area (Å²) < 4.78 is 5.09. The van der Waals surface area contributed by atoms with E-state index in [4.69, 9.17) is 4.74 Å². The van der Waals surface area contributed by atoms with E-state index < -0.39 is 0 Å². The molecule has 0 saturated carbocycles. The molecular formula is C9H14NO+. The molecule has 1 rings (SSSR count). The van der Waals surface area contributed by atoms with Gasteiger partial charge in [-0.2, -0.15) is 0 Å². The Morgan fingerprint density at radius 3 is 2.91 bits per heavy atom. The third-order valence-electron chi connectivity index (χ3n) is 1.57. The van der Waals surface area contributed by atoms with Crippen LogP contribution >= 0.6 is 0 Å². The lowest BCUT2D eigenvalue weighted by Gasteiger charge is -2.01. The fraction of sp³-hybridized carbons (Fsp3) is 0.333. The van der Waals surface area contributed by atoms with Gasteiger partial charge >= 0.3 is 0 Å². The summed E-state index contributed by atoms with van der Waals surface area (Å²) in [6.45, 7) is 1.01. The van der Waals surface area contributed by atoms with Gasteiger partial charge < -0.3 is 10.1 Å². The number of methoxy groups -OCH3 is 1. The van der Waals surface area contributed by atoms with Gasteiger partial charge in [0, 0.05) is 5.56 Å². The van der Waals surface area contributed by atoms with E-state index in [1.807, 2.05) is 12.1 Å². The first kappa shape index (κ1) is 8.08. The maximum Gasteiger partial charge on any atom is 0.119 e. The summed E-state index contributed by atoms with van der Waals surface area (Å²) in [5, 5.41) is 2.13. The number of rotatable bonds is 3. The maximum atomic E-state index is 5.09. The Labute approximate surface area is 67.2 Å². The van der Waals surface area contributed by atoms with Gasteiger partial charge in [-0.05, 0) is 12.1 Å². The van der Waals surface area contributed by atoms with Crippen molar-refractivity contribution in [1.82, 2.24) is 0 Å². The molecule has 1 aromatic rings. The smallest absolute Gasteiger partial charge is 0.119 e. The maximum absolute atomic E-state index is 5.09. The first-order valence-electron chi connectivity index (χ1n) is 3.77. The minimum absolute atomic E-state index is 0.935. The molecule has 0 bridgehead atoms. The number of ether oxygens (including phenoxy) is 1. The molecule has 11 heavy (non-hydrogen) atoms. The van der Waals surface area contributed by atoms with E-state index in [-0.39, 0.29) is 0 Å². The summed E-state index contributed by atoms with van der Waals surface area (Å²) in [6, 6.07) is 8.12. The molecule has 2 N–H and O–H groups in total. The second kappa shape index (κ2) is 3.98. The number of hydrogen-bond donors (Lipinski definition) is 1. The van der Waals surface area contributed by atoms with Crippen molar-refractivity contribution in [3.8, 4) is 5.75 Å². The summed E-state index contributed by atoms with van der Waals surface area (Å²) >= 11 is 0. The first-order chi connectivity index (χ1) is 5.36. The highest BCUT2D eigenvalue weighted by molar-refractivity contribution is 5.27. The van der Waals surface area contributed by atoms with Crippen molar-refractivity contribution >= 4 is 0 Å². The zero-order valence-corrected chi connectivity index (χ0v) is 7.00. The highest BCUT2D eigenvalue weighted by atomic mass is 16.5. The van der Waals surface area contributed by atoms with Gasteiger partial charge in [0.05, 0.1) is 14.2 Å². The number of quaternary nitrogens is 1. The lowest BCUT2D eigenvalue weighted by atomic mass is 10.2. The topological polar surface area (TPSA) is 25.8 Å². The molecule has 2 nitrogen and oxygen atoms in total. The average molecular weight is 152 g/mol. The average Bonchev–Trinajstić information content (AvgIpc) is 2.06. The van der Waals surface area contributed by atoms with Crippen molar-refractivity contribution in [3.05, 3.63) is 29.8 Å². The fourth-order valence-electron chi connectivity index (χ4n) is 1.04. The van der Waals surface area contributed by atoms with Crippen LogP contribution in [0.1, 0.15) is 5.56 Å². The monoisotopic (exact) mass is 152 g/mol. The van der Waals surface area contributed by atoms with Gasteiger partial charge in [-0.15, -0.1) is 0 Å². The van der Waals surface area contributed by atoms with Crippen molar-refractivity contribution in [2.75, 3.05) is 14.2 Å². The largest absolute Gasteiger partial charge is 0.497 e. The molecule has 0 saturated heterocycles. The lowest BCUT2D eigenvalue weighted by molar-refractivity contribution is -0.643. The highest BCUT2D eigenvalue weighted by Gasteiger charge is 1.94. The van der Waals surface area contributed by atoms with Crippen molar-refractivity contribution in [2.24, 2.45) is 0 Å². The molecule has 0 heterocycles. The Balaban J connectivity index is 2.74. The molecule has 0 aromatic heterocycles. The quantitative estimate of drug-likeness (QED) is 0.666. The fourth-order valence-corrected chi connectivity index (χ4v) is 1.04. The molecule has 60 valence electrons. The minimum atomic E-state index is 0.935. The molecule has 2 heteroatoms. The third kappa shape index (κ3) is 2.24. The van der Waals surface area contributed by atoms with Crippen molar-refractivity contribution in [1.29, 1.82) is 0 Å². The van der Waals surface area contributed by atoms with Crippen LogP contribution in [0.4, 0.5) is 0 Å². The van der Waals surface area contributed by atoms with E-state index >= 15 is 0 Å². The van der Waals surface area contributed by atoms with Crippen LogP contribution in [0.5, 0.6) is 5.75 Å². The van der Waals surface area contributed by atoms with Crippen LogP contribution in [0.2, 0.25) is 0 Å². The lowest BCUT2D eigenvalue weighted by Crippen LogP contribution is -2.77. The normalized spacial score (nSPS) is 9.64. The second-order valence-electron chi connectivity index (χ2n) is 2.46. The van der Waals surface area contributed by atoms with E-state index in [9.17, 15) is 0 Å². The van der Waals surface area contributed by atoms with Gasteiger partial charge in [-0.1, -0.05) is 12.1 Å². The van der Waals surface area contributed by atoms with Crippen molar-refractivity contribution < 1.29 is 10.1 Å². The zero-order chi connectivity index (χ0) is 8.10. The van der Waals surface area contributed by atoms with Gasteiger partial charge in [0.1, 0.15) is 12.3 Å². The van der Waals surface area contributed by atoms with Crippen LogP contribution in [0, 0.1) is 0 Å². The Morgan fingerprint density at radius 1 is 1.45 bits per heavy atom. The molecule has 0 fully saturated rings. The summed E-state index contributed by atoms with van der Waals surface area (Å²) in [5.74, 6) is 0.935. The Bertz CT molecular complexity index is 223. The number of hydrogen-bond acceptors (Lipinski definition) is 1. The number of nitrogens with two attached hydrogens (primary N) is 1. The molecule has 0 aliphatic rings. The van der Waals surface area contributed by atoms with Gasteiger partial charge in [0.2, 0.25) is 0 Å². The summed E-state index contributed by atoms with van der Waals surface area (Å²) in [7, 11) is 3.74. The van der Waals surface area contributed by atoms with Gasteiger partial charge in [0.15, 0.2) is 0 Å². The standard InChI is InChI=1S/C9H13NO/c1-10-7-8-4-3-5-9(6-8)11-2/h3-6,10H,7H2,1-2H3/p+1. The van der Waals surface area contributed by atoms with E-state index in [1.54, 1.807) is 7.11 Å². The molecule has 0 aliphatic carbocycles. The Hall–Kier alpha value is -1.02. The third-order valence-corrected chi connectivity index (χ3v) is 1.57. The second-order valence-corrected chi connectivity index (χ2v) is 2.46. The molecular weight excluding hydrogens is 138 g/mol. The first-order valence-corrected chi connectivity index (χ1v) is 3.77. The minimum Gasteiger partial charge on any atom is -0.497 e. The highest BCUT2D eigenvalue weighted by Crippen LogP contribution is 2.10. The van der Waals surface area contributed by atoms with Gasteiger partial charge in [0.25, 0.3) is 0 Å². The molecule has 1 aromatic carbocycles. The van der Waals surface area contributed by atoms with Gasteiger partial charge in [-0.3, -0.25) is 0 Å². The SMILES string of the molecule is C[NH2+]Cc1cccc(OC)c1. The predicted molar refractivity (Wildman–Crippen MR) is 44.5 cm³/mol.